The van der Waals surface area contributed by atoms with Crippen LogP contribution in [0.3, 0.4) is 0 Å². The third kappa shape index (κ3) is 1.90. The van der Waals surface area contributed by atoms with Crippen LogP contribution < -0.4 is 5.32 Å². The first-order chi connectivity index (χ1) is 7.16. The lowest BCUT2D eigenvalue weighted by Gasteiger charge is -2.06. The number of hydrogen-bond acceptors (Lipinski definition) is 3. The minimum Gasteiger partial charge on any atom is -0.480 e. The maximum atomic E-state index is 10.6. The van der Waals surface area contributed by atoms with E-state index in [1.165, 1.54) is 0 Å². The molecule has 0 aromatic carbocycles. The number of carboxylic acid groups (broad SMARTS) is 1. The lowest BCUT2D eigenvalue weighted by atomic mass is 10.3. The van der Waals surface area contributed by atoms with E-state index in [1.807, 2.05) is 28.8 Å². The van der Waals surface area contributed by atoms with E-state index in [-0.39, 0.29) is 0 Å². The molecule has 0 unspecified atom stereocenters. The molecular weight excluding hydrogens is 194 g/mol. The topological polar surface area (TPSA) is 66.6 Å². The molecule has 5 heteroatoms. The zero-order valence-electron chi connectivity index (χ0n) is 8.21. The second kappa shape index (κ2) is 3.61. The lowest BCUT2D eigenvalue weighted by molar-refractivity contribution is -0.137. The summed E-state index contributed by atoms with van der Waals surface area (Å²) in [4.78, 5) is 14.8. The Morgan fingerprint density at radius 3 is 3.07 bits per heavy atom. The first-order valence-electron chi connectivity index (χ1n) is 4.60. The molecule has 2 rings (SSSR count). The monoisotopic (exact) mass is 205 g/mol. The molecule has 2 aromatic rings. The largest absolute Gasteiger partial charge is 0.480 e. The van der Waals surface area contributed by atoms with Crippen molar-refractivity contribution in [2.45, 2.75) is 13.0 Å². The molecule has 2 N–H and O–H groups in total. The molecule has 1 atom stereocenters. The van der Waals surface area contributed by atoms with Gasteiger partial charge in [0.05, 0.1) is 6.20 Å². The normalized spacial score (nSPS) is 12.6. The maximum Gasteiger partial charge on any atom is 0.325 e. The summed E-state index contributed by atoms with van der Waals surface area (Å²) < 4.78 is 1.83. The molecular formula is C10H11N3O2. The number of nitrogens with zero attached hydrogens (tertiary/aromatic N) is 2. The van der Waals surface area contributed by atoms with E-state index < -0.39 is 12.0 Å². The minimum atomic E-state index is -0.896. The van der Waals surface area contributed by atoms with Gasteiger partial charge in [0.1, 0.15) is 17.5 Å². The summed E-state index contributed by atoms with van der Waals surface area (Å²) in [6.07, 6.45) is 3.62. The quantitative estimate of drug-likeness (QED) is 0.790. The SMILES string of the molecule is C[C@H](Nc1cn2ccccc2n1)C(=O)O. The molecule has 0 saturated heterocycles. The summed E-state index contributed by atoms with van der Waals surface area (Å²) in [5.74, 6) is -0.330. The molecule has 2 aromatic heterocycles. The molecule has 78 valence electrons. The molecule has 0 bridgehead atoms. The van der Waals surface area contributed by atoms with Gasteiger partial charge in [0.2, 0.25) is 0 Å². The Morgan fingerprint density at radius 1 is 1.60 bits per heavy atom. The minimum absolute atomic E-state index is 0.566. The van der Waals surface area contributed by atoms with E-state index in [9.17, 15) is 4.79 Å². The number of hydrogen-bond donors (Lipinski definition) is 2. The Morgan fingerprint density at radius 2 is 2.40 bits per heavy atom. The van der Waals surface area contributed by atoms with Gasteiger partial charge in [-0.1, -0.05) is 6.07 Å². The molecule has 0 saturated carbocycles. The van der Waals surface area contributed by atoms with Gasteiger partial charge in [-0.2, -0.15) is 0 Å². The van der Waals surface area contributed by atoms with Crippen molar-refractivity contribution in [2.24, 2.45) is 0 Å². The van der Waals surface area contributed by atoms with Crippen molar-refractivity contribution < 1.29 is 9.90 Å². The summed E-state index contributed by atoms with van der Waals surface area (Å²) in [6.45, 7) is 1.58. The Kier molecular flexibility index (Phi) is 2.29. The van der Waals surface area contributed by atoms with Gasteiger partial charge in [-0.3, -0.25) is 4.79 Å². The van der Waals surface area contributed by atoms with Crippen LogP contribution in [0.2, 0.25) is 0 Å². The van der Waals surface area contributed by atoms with Crippen molar-refractivity contribution in [3.05, 3.63) is 30.6 Å². The highest BCUT2D eigenvalue weighted by molar-refractivity contribution is 5.76. The summed E-state index contributed by atoms with van der Waals surface area (Å²) >= 11 is 0. The lowest BCUT2D eigenvalue weighted by Crippen LogP contribution is -2.25. The fourth-order valence-electron chi connectivity index (χ4n) is 1.29. The number of carbonyl (C=O) groups is 1. The smallest absolute Gasteiger partial charge is 0.325 e. The Hall–Kier alpha value is -2.04. The van der Waals surface area contributed by atoms with Crippen LogP contribution in [-0.2, 0) is 4.79 Å². The molecule has 0 amide bonds. The standard InChI is InChI=1S/C10H11N3O2/c1-7(10(14)15)11-8-6-13-5-3-2-4-9(13)12-8/h2-7,11H,1H3,(H,14,15)/t7-/m0/s1. The highest BCUT2D eigenvalue weighted by atomic mass is 16.4. The molecule has 0 spiro atoms. The zero-order chi connectivity index (χ0) is 10.8. The molecule has 0 aliphatic carbocycles. The summed E-state index contributed by atoms with van der Waals surface area (Å²) in [6, 6.07) is 4.98. The number of aliphatic carboxylic acids is 1. The number of aromatic nitrogens is 2. The van der Waals surface area contributed by atoms with E-state index in [0.717, 1.165) is 5.65 Å². The van der Waals surface area contributed by atoms with Crippen LogP contribution in [0.15, 0.2) is 30.6 Å². The van der Waals surface area contributed by atoms with Gasteiger partial charge >= 0.3 is 5.97 Å². The van der Waals surface area contributed by atoms with E-state index >= 15 is 0 Å². The second-order valence-electron chi connectivity index (χ2n) is 3.30. The molecule has 0 aliphatic rings. The van der Waals surface area contributed by atoms with Gasteiger partial charge < -0.3 is 14.8 Å². The van der Waals surface area contributed by atoms with Gasteiger partial charge in [0.25, 0.3) is 0 Å². The number of pyridine rings is 1. The van der Waals surface area contributed by atoms with Crippen LogP contribution in [-0.4, -0.2) is 26.5 Å². The average Bonchev–Trinajstić information content (AvgIpc) is 2.59. The zero-order valence-corrected chi connectivity index (χ0v) is 8.21. The molecule has 0 fully saturated rings. The van der Waals surface area contributed by atoms with E-state index in [0.29, 0.717) is 5.82 Å². The number of anilines is 1. The molecule has 0 aliphatic heterocycles. The Labute approximate surface area is 86.4 Å². The van der Waals surface area contributed by atoms with Crippen LogP contribution in [0.4, 0.5) is 5.82 Å². The Balaban J connectivity index is 2.26. The molecule has 2 heterocycles. The van der Waals surface area contributed by atoms with Gasteiger partial charge in [-0.15, -0.1) is 0 Å². The highest BCUT2D eigenvalue weighted by Gasteiger charge is 2.11. The number of rotatable bonds is 3. The third-order valence-corrected chi connectivity index (χ3v) is 2.10. The van der Waals surface area contributed by atoms with Crippen molar-refractivity contribution in [3.63, 3.8) is 0 Å². The van der Waals surface area contributed by atoms with Gasteiger partial charge in [-0.25, -0.2) is 4.98 Å². The van der Waals surface area contributed by atoms with E-state index in [4.69, 9.17) is 5.11 Å². The average molecular weight is 205 g/mol. The van der Waals surface area contributed by atoms with Gasteiger partial charge in [0.15, 0.2) is 0 Å². The van der Waals surface area contributed by atoms with Crippen molar-refractivity contribution in [2.75, 3.05) is 5.32 Å². The van der Waals surface area contributed by atoms with E-state index in [1.54, 1.807) is 13.1 Å². The number of nitrogens with one attached hydrogen (secondary N) is 1. The highest BCUT2D eigenvalue weighted by Crippen LogP contribution is 2.09. The first kappa shape index (κ1) is 9.51. The van der Waals surface area contributed by atoms with E-state index in [2.05, 4.69) is 10.3 Å². The first-order valence-corrected chi connectivity index (χ1v) is 4.60. The van der Waals surface area contributed by atoms with Crippen molar-refractivity contribution in [3.8, 4) is 0 Å². The number of fused-ring (bicyclic) bond motifs is 1. The number of imidazole rings is 1. The second-order valence-corrected chi connectivity index (χ2v) is 3.30. The summed E-state index contributed by atoms with van der Waals surface area (Å²) in [5, 5.41) is 11.5. The predicted molar refractivity (Wildman–Crippen MR) is 55.9 cm³/mol. The van der Waals surface area contributed by atoms with Gasteiger partial charge in [-0.05, 0) is 19.1 Å². The van der Waals surface area contributed by atoms with Crippen LogP contribution in [0, 0.1) is 0 Å². The molecule has 15 heavy (non-hydrogen) atoms. The fraction of sp³-hybridized carbons (Fsp3) is 0.200. The van der Waals surface area contributed by atoms with Crippen LogP contribution in [0.5, 0.6) is 0 Å². The fourth-order valence-corrected chi connectivity index (χ4v) is 1.29. The van der Waals surface area contributed by atoms with Crippen molar-refractivity contribution >= 4 is 17.4 Å². The van der Waals surface area contributed by atoms with Crippen LogP contribution in [0.25, 0.3) is 5.65 Å². The third-order valence-electron chi connectivity index (χ3n) is 2.10. The van der Waals surface area contributed by atoms with Gasteiger partial charge in [0, 0.05) is 6.20 Å². The maximum absolute atomic E-state index is 10.6. The van der Waals surface area contributed by atoms with Crippen molar-refractivity contribution in [1.29, 1.82) is 0 Å². The Bertz CT molecular complexity index is 459. The molecule has 0 radical (unpaired) electrons. The number of carboxylic acids is 1. The predicted octanol–water partition coefficient (Wildman–Crippen LogP) is 1.22. The van der Waals surface area contributed by atoms with Crippen LogP contribution >= 0.6 is 0 Å². The van der Waals surface area contributed by atoms with Crippen LogP contribution in [0.1, 0.15) is 6.92 Å². The summed E-state index contributed by atoms with van der Waals surface area (Å²) in [7, 11) is 0. The van der Waals surface area contributed by atoms with Crippen molar-refractivity contribution in [1.82, 2.24) is 9.38 Å². The summed E-state index contributed by atoms with van der Waals surface area (Å²) in [5.41, 5.74) is 0.789. The molecule has 5 nitrogen and oxygen atoms in total.